The molecule has 29 heavy (non-hydrogen) atoms. The molecule has 0 atom stereocenters. The maximum absolute atomic E-state index is 13.0. The minimum absolute atomic E-state index is 0.0328. The molecule has 0 saturated carbocycles. The van der Waals surface area contributed by atoms with Crippen molar-refractivity contribution in [2.75, 3.05) is 43.6 Å². The number of amides is 1. The average molecular weight is 445 g/mol. The average Bonchev–Trinajstić information content (AvgIpc) is 2.98. The highest BCUT2D eigenvalue weighted by atomic mass is 32.2. The monoisotopic (exact) mass is 444 g/mol. The first-order chi connectivity index (χ1) is 13.9. The summed E-state index contributed by atoms with van der Waals surface area (Å²) in [7, 11) is -2.20. The number of sulfonamides is 1. The van der Waals surface area contributed by atoms with Crippen LogP contribution in [0.1, 0.15) is 32.6 Å². The minimum atomic E-state index is -3.64. The van der Waals surface area contributed by atoms with Gasteiger partial charge in [-0.05, 0) is 38.0 Å². The lowest BCUT2D eigenvalue weighted by molar-refractivity contribution is -0.139. The predicted octanol–water partition coefficient (Wildman–Crippen LogP) is 2.49. The van der Waals surface area contributed by atoms with Gasteiger partial charge in [0.05, 0.1) is 35.8 Å². The van der Waals surface area contributed by atoms with E-state index in [1.54, 1.807) is 6.92 Å². The molecule has 0 spiro atoms. The van der Waals surface area contributed by atoms with E-state index in [2.05, 4.69) is 5.32 Å². The first-order valence-corrected chi connectivity index (χ1v) is 12.2. The summed E-state index contributed by atoms with van der Waals surface area (Å²) in [5.41, 5.74) is 0.283. The van der Waals surface area contributed by atoms with Crippen molar-refractivity contribution in [3.05, 3.63) is 18.2 Å². The molecule has 0 unspecified atom stereocenters. The molecule has 0 radical (unpaired) electrons. The van der Waals surface area contributed by atoms with Gasteiger partial charge in [-0.3, -0.25) is 9.59 Å². The number of thioether (sulfide) groups is 1. The summed E-state index contributed by atoms with van der Waals surface area (Å²) in [5.74, 6) is -0.272. The predicted molar refractivity (Wildman–Crippen MR) is 113 cm³/mol. The molecule has 0 bridgehead atoms. The van der Waals surface area contributed by atoms with Gasteiger partial charge < -0.3 is 14.8 Å². The Kier molecular flexibility index (Phi) is 9.25. The fraction of sp³-hybridized carbons (Fsp3) is 0.579. The van der Waals surface area contributed by atoms with E-state index in [0.717, 1.165) is 37.4 Å². The fourth-order valence-corrected chi connectivity index (χ4v) is 5.15. The molecule has 1 heterocycles. The standard InChI is InChI=1S/C19H28N2O6S2/c1-3-27-19(23)14-28-13-18(22)20-16-12-15(8-9-17(16)26-2)29(24,25)21-10-6-4-5-7-11-21/h8-9,12H,3-7,10-11,13-14H2,1-2H3,(H,20,22). The van der Waals surface area contributed by atoms with E-state index < -0.39 is 10.0 Å². The Morgan fingerprint density at radius 2 is 1.83 bits per heavy atom. The summed E-state index contributed by atoms with van der Waals surface area (Å²) in [6, 6.07) is 4.45. The van der Waals surface area contributed by atoms with Gasteiger partial charge in [-0.25, -0.2) is 8.42 Å². The highest BCUT2D eigenvalue weighted by molar-refractivity contribution is 8.00. The number of anilines is 1. The molecule has 1 aliphatic rings. The van der Waals surface area contributed by atoms with Crippen LogP contribution in [-0.4, -0.2) is 62.9 Å². The van der Waals surface area contributed by atoms with Crippen LogP contribution in [0.4, 0.5) is 5.69 Å². The van der Waals surface area contributed by atoms with Crippen molar-refractivity contribution in [3.63, 3.8) is 0 Å². The molecule has 10 heteroatoms. The van der Waals surface area contributed by atoms with E-state index in [9.17, 15) is 18.0 Å². The topological polar surface area (TPSA) is 102 Å². The van der Waals surface area contributed by atoms with Gasteiger partial charge in [0.1, 0.15) is 5.75 Å². The first-order valence-electron chi connectivity index (χ1n) is 9.60. The summed E-state index contributed by atoms with van der Waals surface area (Å²) in [6.07, 6.45) is 3.74. The molecule has 1 aromatic carbocycles. The lowest BCUT2D eigenvalue weighted by Gasteiger charge is -2.21. The van der Waals surface area contributed by atoms with Crippen molar-refractivity contribution in [2.45, 2.75) is 37.5 Å². The third kappa shape index (κ3) is 6.90. The lowest BCUT2D eigenvalue weighted by atomic mass is 10.2. The van der Waals surface area contributed by atoms with Crippen LogP contribution in [0.15, 0.2) is 23.1 Å². The number of methoxy groups -OCH3 is 1. The molecule has 1 aromatic rings. The molecule has 1 N–H and O–H groups in total. The number of ether oxygens (including phenoxy) is 2. The second-order valence-corrected chi connectivity index (χ2v) is 9.45. The van der Waals surface area contributed by atoms with Crippen LogP contribution in [0.3, 0.4) is 0 Å². The highest BCUT2D eigenvalue weighted by Crippen LogP contribution is 2.30. The number of esters is 1. The van der Waals surface area contributed by atoms with Crippen molar-refractivity contribution < 1.29 is 27.5 Å². The fourth-order valence-electron chi connectivity index (χ4n) is 2.99. The smallest absolute Gasteiger partial charge is 0.315 e. The van der Waals surface area contributed by atoms with E-state index in [4.69, 9.17) is 9.47 Å². The van der Waals surface area contributed by atoms with Crippen LogP contribution in [0.5, 0.6) is 5.75 Å². The van der Waals surface area contributed by atoms with Crippen LogP contribution >= 0.6 is 11.8 Å². The number of hydrogen-bond acceptors (Lipinski definition) is 7. The maximum Gasteiger partial charge on any atom is 0.315 e. The summed E-state index contributed by atoms with van der Waals surface area (Å²) in [5, 5.41) is 2.68. The van der Waals surface area contributed by atoms with E-state index in [-0.39, 0.29) is 34.0 Å². The van der Waals surface area contributed by atoms with Crippen LogP contribution in [0.2, 0.25) is 0 Å². The third-order valence-corrected chi connectivity index (χ3v) is 7.21. The number of nitrogens with one attached hydrogen (secondary N) is 1. The Balaban J connectivity index is 2.09. The summed E-state index contributed by atoms with van der Waals surface area (Å²) in [6.45, 7) is 3.01. The maximum atomic E-state index is 13.0. The van der Waals surface area contributed by atoms with Crippen molar-refractivity contribution in [1.29, 1.82) is 0 Å². The van der Waals surface area contributed by atoms with Gasteiger partial charge in [-0.15, -0.1) is 11.8 Å². The third-order valence-electron chi connectivity index (χ3n) is 4.41. The number of nitrogens with zero attached hydrogens (tertiary/aromatic N) is 1. The molecule has 1 aliphatic heterocycles. The lowest BCUT2D eigenvalue weighted by Crippen LogP contribution is -2.32. The van der Waals surface area contributed by atoms with Gasteiger partial charge in [0.25, 0.3) is 0 Å². The number of carbonyl (C=O) groups excluding carboxylic acids is 2. The number of carbonyl (C=O) groups is 2. The number of benzene rings is 1. The van der Waals surface area contributed by atoms with Gasteiger partial charge in [0.2, 0.25) is 15.9 Å². The summed E-state index contributed by atoms with van der Waals surface area (Å²) >= 11 is 1.12. The van der Waals surface area contributed by atoms with E-state index in [1.807, 2.05) is 0 Å². The van der Waals surface area contributed by atoms with Crippen molar-refractivity contribution in [2.24, 2.45) is 0 Å². The normalized spacial score (nSPS) is 15.4. The first kappa shape index (κ1) is 23.5. The second-order valence-electron chi connectivity index (χ2n) is 6.53. The Morgan fingerprint density at radius 1 is 1.14 bits per heavy atom. The number of rotatable bonds is 9. The molecule has 1 saturated heterocycles. The van der Waals surface area contributed by atoms with E-state index in [1.165, 1.54) is 29.6 Å². The van der Waals surface area contributed by atoms with E-state index >= 15 is 0 Å². The van der Waals surface area contributed by atoms with Crippen molar-refractivity contribution >= 4 is 39.3 Å². The molecule has 0 aromatic heterocycles. The van der Waals surface area contributed by atoms with Gasteiger partial charge >= 0.3 is 5.97 Å². The molecule has 2 rings (SSSR count). The van der Waals surface area contributed by atoms with Crippen LogP contribution in [0.25, 0.3) is 0 Å². The molecule has 1 fully saturated rings. The van der Waals surface area contributed by atoms with Crippen LogP contribution in [-0.2, 0) is 24.3 Å². The zero-order valence-electron chi connectivity index (χ0n) is 16.8. The number of hydrogen-bond donors (Lipinski definition) is 1. The molecule has 162 valence electrons. The summed E-state index contributed by atoms with van der Waals surface area (Å²) < 4.78 is 37.6. The van der Waals surface area contributed by atoms with Gasteiger partial charge in [-0.1, -0.05) is 12.8 Å². The second kappa shape index (κ2) is 11.4. The van der Waals surface area contributed by atoms with Gasteiger partial charge in [-0.2, -0.15) is 4.31 Å². The van der Waals surface area contributed by atoms with E-state index in [0.29, 0.717) is 25.4 Å². The molecule has 0 aliphatic carbocycles. The Labute approximate surface area is 176 Å². The molecular weight excluding hydrogens is 416 g/mol. The van der Waals surface area contributed by atoms with Crippen LogP contribution < -0.4 is 10.1 Å². The highest BCUT2D eigenvalue weighted by Gasteiger charge is 2.26. The van der Waals surface area contributed by atoms with Gasteiger partial charge in [0, 0.05) is 13.1 Å². The van der Waals surface area contributed by atoms with Gasteiger partial charge in [0.15, 0.2) is 0 Å². The Hall–Kier alpha value is -1.78. The molecule has 8 nitrogen and oxygen atoms in total. The van der Waals surface area contributed by atoms with Crippen molar-refractivity contribution in [1.82, 2.24) is 4.31 Å². The SMILES string of the molecule is CCOC(=O)CSCC(=O)Nc1cc(S(=O)(=O)N2CCCCCC2)ccc1OC. The summed E-state index contributed by atoms with van der Waals surface area (Å²) in [4.78, 5) is 23.7. The quantitative estimate of drug-likeness (QED) is 0.584. The van der Waals surface area contributed by atoms with Crippen molar-refractivity contribution in [3.8, 4) is 5.75 Å². The minimum Gasteiger partial charge on any atom is -0.495 e. The zero-order chi connectivity index (χ0) is 21.3. The zero-order valence-corrected chi connectivity index (χ0v) is 18.4. The molecule has 1 amide bonds. The Morgan fingerprint density at radius 3 is 2.45 bits per heavy atom. The Bertz CT molecular complexity index is 805. The molecular formula is C19H28N2O6S2. The largest absolute Gasteiger partial charge is 0.495 e. The van der Waals surface area contributed by atoms with Crippen LogP contribution in [0, 0.1) is 0 Å².